The Hall–Kier alpha value is -1.14. The molecule has 0 aliphatic carbocycles. The molecule has 3 rings (SSSR count). The van der Waals surface area contributed by atoms with Crippen molar-refractivity contribution in [2.45, 2.75) is 38.4 Å². The highest BCUT2D eigenvalue weighted by Crippen LogP contribution is 2.31. The van der Waals surface area contributed by atoms with Gasteiger partial charge in [-0.3, -0.25) is 9.59 Å². The first kappa shape index (κ1) is 14.8. The van der Waals surface area contributed by atoms with Gasteiger partial charge in [0.1, 0.15) is 0 Å². The van der Waals surface area contributed by atoms with Crippen LogP contribution in [-0.2, 0) is 19.1 Å². The van der Waals surface area contributed by atoms with Crippen molar-refractivity contribution in [2.75, 3.05) is 39.4 Å². The average Bonchev–Trinajstić information content (AvgIpc) is 2.95. The first-order valence-corrected chi connectivity index (χ1v) is 7.96. The van der Waals surface area contributed by atoms with Gasteiger partial charge in [0.2, 0.25) is 0 Å². The van der Waals surface area contributed by atoms with Gasteiger partial charge in [-0.2, -0.15) is 0 Å². The summed E-state index contributed by atoms with van der Waals surface area (Å²) in [6.45, 7) is 5.86. The molecule has 3 fully saturated rings. The molecule has 0 aromatic carbocycles. The van der Waals surface area contributed by atoms with E-state index in [0.717, 1.165) is 12.8 Å². The number of likely N-dealkylation sites (tertiary alicyclic amines) is 2. The zero-order chi connectivity index (χ0) is 14.9. The maximum atomic E-state index is 12.4. The molecule has 1 unspecified atom stereocenters. The Bertz CT molecular complexity index is 410. The Morgan fingerprint density at radius 2 is 1.62 bits per heavy atom. The Morgan fingerprint density at radius 3 is 2.24 bits per heavy atom. The van der Waals surface area contributed by atoms with Gasteiger partial charge in [-0.05, 0) is 18.8 Å². The summed E-state index contributed by atoms with van der Waals surface area (Å²) in [5.41, 5.74) is 0. The number of rotatable bonds is 0. The molecule has 1 atom stereocenters. The van der Waals surface area contributed by atoms with Crippen molar-refractivity contribution in [1.29, 1.82) is 0 Å². The van der Waals surface area contributed by atoms with Gasteiger partial charge in [0.15, 0.2) is 5.79 Å². The lowest BCUT2D eigenvalue weighted by Crippen LogP contribution is -2.53. The first-order valence-electron chi connectivity index (χ1n) is 7.96. The molecule has 3 aliphatic heterocycles. The fourth-order valence-electron chi connectivity index (χ4n) is 3.48. The molecule has 6 nitrogen and oxygen atoms in total. The topological polar surface area (TPSA) is 59.1 Å². The molecule has 0 bridgehead atoms. The highest BCUT2D eigenvalue weighted by atomic mass is 16.7. The monoisotopic (exact) mass is 296 g/mol. The molecule has 3 saturated heterocycles. The van der Waals surface area contributed by atoms with Gasteiger partial charge in [-0.25, -0.2) is 0 Å². The summed E-state index contributed by atoms with van der Waals surface area (Å²) in [6.07, 6.45) is 3.44. The second kappa shape index (κ2) is 5.93. The van der Waals surface area contributed by atoms with E-state index in [1.165, 1.54) is 0 Å². The van der Waals surface area contributed by atoms with Gasteiger partial charge in [-0.15, -0.1) is 0 Å². The highest BCUT2D eigenvalue weighted by molar-refractivity contribution is 6.34. The van der Waals surface area contributed by atoms with Crippen LogP contribution in [0, 0.1) is 5.92 Å². The number of hydrogen-bond donors (Lipinski definition) is 0. The summed E-state index contributed by atoms with van der Waals surface area (Å²) in [7, 11) is 0. The van der Waals surface area contributed by atoms with Crippen molar-refractivity contribution < 1.29 is 19.1 Å². The van der Waals surface area contributed by atoms with Crippen LogP contribution in [0.25, 0.3) is 0 Å². The number of carbonyl (C=O) groups excluding carboxylic acids is 2. The third-order valence-corrected chi connectivity index (χ3v) is 4.75. The van der Waals surface area contributed by atoms with Gasteiger partial charge in [-0.1, -0.05) is 6.92 Å². The van der Waals surface area contributed by atoms with Gasteiger partial charge in [0.25, 0.3) is 0 Å². The van der Waals surface area contributed by atoms with Crippen LogP contribution in [-0.4, -0.2) is 66.8 Å². The van der Waals surface area contributed by atoms with E-state index in [4.69, 9.17) is 9.47 Å². The number of amides is 2. The maximum Gasteiger partial charge on any atom is 0.312 e. The molecule has 0 saturated carbocycles. The van der Waals surface area contributed by atoms with Gasteiger partial charge in [0, 0.05) is 39.0 Å². The zero-order valence-corrected chi connectivity index (χ0v) is 12.7. The van der Waals surface area contributed by atoms with Crippen molar-refractivity contribution in [3.63, 3.8) is 0 Å². The molecular weight excluding hydrogens is 272 g/mol. The molecule has 21 heavy (non-hydrogen) atoms. The van der Waals surface area contributed by atoms with Crippen molar-refractivity contribution in [3.05, 3.63) is 0 Å². The lowest BCUT2D eigenvalue weighted by molar-refractivity contribution is -0.188. The Morgan fingerprint density at radius 1 is 1.00 bits per heavy atom. The summed E-state index contributed by atoms with van der Waals surface area (Å²) in [5.74, 6) is -0.720. The Labute approximate surface area is 125 Å². The van der Waals surface area contributed by atoms with Crippen LogP contribution in [0.5, 0.6) is 0 Å². The largest absolute Gasteiger partial charge is 0.347 e. The van der Waals surface area contributed by atoms with E-state index in [0.29, 0.717) is 58.2 Å². The highest BCUT2D eigenvalue weighted by Gasteiger charge is 2.42. The van der Waals surface area contributed by atoms with Crippen LogP contribution in [0.4, 0.5) is 0 Å². The number of carbonyl (C=O) groups is 2. The molecule has 0 N–H and O–H groups in total. The minimum atomic E-state index is -0.501. The second-order valence-electron chi connectivity index (χ2n) is 6.40. The normalized spacial score (nSPS) is 28.9. The van der Waals surface area contributed by atoms with Gasteiger partial charge < -0.3 is 19.3 Å². The summed E-state index contributed by atoms with van der Waals surface area (Å²) >= 11 is 0. The third-order valence-electron chi connectivity index (χ3n) is 4.75. The maximum absolute atomic E-state index is 12.4. The van der Waals surface area contributed by atoms with E-state index >= 15 is 0 Å². The predicted molar refractivity (Wildman–Crippen MR) is 75.4 cm³/mol. The molecule has 6 heteroatoms. The fourth-order valence-corrected chi connectivity index (χ4v) is 3.48. The number of hydrogen-bond acceptors (Lipinski definition) is 4. The van der Waals surface area contributed by atoms with E-state index in [1.807, 2.05) is 0 Å². The van der Waals surface area contributed by atoms with E-state index < -0.39 is 5.79 Å². The summed E-state index contributed by atoms with van der Waals surface area (Å²) in [4.78, 5) is 28.1. The molecule has 2 amide bonds. The number of ether oxygens (including phenoxy) is 2. The molecule has 0 radical (unpaired) electrons. The minimum Gasteiger partial charge on any atom is -0.347 e. The van der Waals surface area contributed by atoms with E-state index in [2.05, 4.69) is 6.92 Å². The third kappa shape index (κ3) is 3.06. The van der Waals surface area contributed by atoms with E-state index in [-0.39, 0.29) is 11.8 Å². The van der Waals surface area contributed by atoms with Crippen LogP contribution in [0.15, 0.2) is 0 Å². The second-order valence-corrected chi connectivity index (χ2v) is 6.40. The van der Waals surface area contributed by atoms with Gasteiger partial charge in [0.05, 0.1) is 13.2 Å². The van der Waals surface area contributed by atoms with Crippen LogP contribution in [0.3, 0.4) is 0 Å². The van der Waals surface area contributed by atoms with Crippen molar-refractivity contribution in [1.82, 2.24) is 9.80 Å². The van der Waals surface area contributed by atoms with Crippen molar-refractivity contribution in [2.24, 2.45) is 5.92 Å². The average molecular weight is 296 g/mol. The summed E-state index contributed by atoms with van der Waals surface area (Å²) < 4.78 is 11.3. The van der Waals surface area contributed by atoms with Crippen molar-refractivity contribution in [3.8, 4) is 0 Å². The smallest absolute Gasteiger partial charge is 0.312 e. The minimum absolute atomic E-state index is 0.342. The molecule has 0 aromatic heterocycles. The van der Waals surface area contributed by atoms with Crippen LogP contribution >= 0.6 is 0 Å². The summed E-state index contributed by atoms with van der Waals surface area (Å²) in [5, 5.41) is 0. The van der Waals surface area contributed by atoms with Crippen molar-refractivity contribution >= 4 is 11.8 Å². The summed E-state index contributed by atoms with van der Waals surface area (Å²) in [6, 6.07) is 0. The first-order chi connectivity index (χ1) is 10.1. The predicted octanol–water partition coefficient (Wildman–Crippen LogP) is 0.610. The lowest BCUT2D eigenvalue weighted by atomic mass is 10.00. The standard InChI is InChI=1S/C15H24N2O4/c1-12-3-2-6-17(11-12)14(19)13(18)16-7-4-15(5-8-16)20-9-10-21-15/h12H,2-11H2,1H3. The molecule has 1 spiro atoms. The Kier molecular flexibility index (Phi) is 4.17. The van der Waals surface area contributed by atoms with E-state index in [9.17, 15) is 9.59 Å². The molecule has 3 heterocycles. The lowest BCUT2D eigenvalue weighted by Gasteiger charge is -2.38. The molecule has 0 aromatic rings. The number of piperidine rings is 2. The number of nitrogens with zero attached hydrogens (tertiary/aromatic N) is 2. The van der Waals surface area contributed by atoms with Crippen LogP contribution < -0.4 is 0 Å². The molecule has 118 valence electrons. The van der Waals surface area contributed by atoms with Crippen LogP contribution in [0.2, 0.25) is 0 Å². The zero-order valence-electron chi connectivity index (χ0n) is 12.7. The van der Waals surface area contributed by atoms with Crippen LogP contribution in [0.1, 0.15) is 32.6 Å². The quantitative estimate of drug-likeness (QED) is 0.615. The van der Waals surface area contributed by atoms with Gasteiger partial charge >= 0.3 is 11.8 Å². The van der Waals surface area contributed by atoms with E-state index in [1.54, 1.807) is 9.80 Å². The SMILES string of the molecule is CC1CCCN(C(=O)C(=O)N2CCC3(CC2)OCCO3)C1. The Balaban J connectivity index is 1.54. The molecular formula is C15H24N2O4. The molecule has 3 aliphatic rings. The fraction of sp³-hybridized carbons (Fsp3) is 0.867.